The Morgan fingerprint density at radius 2 is 1.65 bits per heavy atom. The summed E-state index contributed by atoms with van der Waals surface area (Å²) in [5.41, 5.74) is 10.5. The number of rotatable bonds is 6. The topological polar surface area (TPSA) is 59.6 Å². The fourth-order valence-corrected chi connectivity index (χ4v) is 2.33. The van der Waals surface area contributed by atoms with Crippen molar-refractivity contribution < 1.29 is 4.74 Å². The first-order valence-electron chi connectivity index (χ1n) is 7.45. The maximum absolute atomic E-state index is 6.01. The molecule has 0 bridgehead atoms. The highest BCUT2D eigenvalue weighted by molar-refractivity contribution is 14.0. The second kappa shape index (κ2) is 10.2. The fraction of sp³-hybridized carbons (Fsp3) is 0.278. The lowest BCUT2D eigenvalue weighted by Gasteiger charge is -2.11. The normalized spacial score (nSPS) is 11.0. The van der Waals surface area contributed by atoms with E-state index in [1.165, 1.54) is 11.1 Å². The first-order chi connectivity index (χ1) is 10.7. The van der Waals surface area contributed by atoms with Crippen molar-refractivity contribution in [1.82, 2.24) is 0 Å². The van der Waals surface area contributed by atoms with E-state index in [-0.39, 0.29) is 24.0 Å². The van der Waals surface area contributed by atoms with Gasteiger partial charge in [-0.25, -0.2) is 4.99 Å². The molecule has 0 aliphatic carbocycles. The molecule has 0 atom stereocenters. The number of hydrogen-bond acceptors (Lipinski definition) is 2. The molecular weight excluding hydrogens is 401 g/mol. The zero-order chi connectivity index (χ0) is 15.8. The van der Waals surface area contributed by atoms with Crippen LogP contribution in [0.5, 0.6) is 0 Å². The molecule has 0 amide bonds. The van der Waals surface area contributed by atoms with Crippen molar-refractivity contribution in [2.24, 2.45) is 10.7 Å². The zero-order valence-electron chi connectivity index (χ0n) is 13.6. The van der Waals surface area contributed by atoms with Crippen molar-refractivity contribution in [1.29, 1.82) is 0 Å². The van der Waals surface area contributed by atoms with E-state index in [9.17, 15) is 0 Å². The minimum absolute atomic E-state index is 0. The van der Waals surface area contributed by atoms with Gasteiger partial charge >= 0.3 is 0 Å². The predicted molar refractivity (Wildman–Crippen MR) is 107 cm³/mol. The van der Waals surface area contributed by atoms with Gasteiger partial charge in [-0.05, 0) is 23.6 Å². The number of aliphatic imine (C=N–C) groups is 1. The summed E-state index contributed by atoms with van der Waals surface area (Å²) in [7, 11) is 1.68. The van der Waals surface area contributed by atoms with Gasteiger partial charge in [0.1, 0.15) is 0 Å². The zero-order valence-corrected chi connectivity index (χ0v) is 15.9. The molecule has 2 aromatic carbocycles. The van der Waals surface area contributed by atoms with Gasteiger partial charge < -0.3 is 15.8 Å². The van der Waals surface area contributed by atoms with Crippen molar-refractivity contribution in [3.05, 3.63) is 65.2 Å². The molecule has 2 aromatic rings. The molecule has 3 N–H and O–H groups in total. The molecule has 0 radical (unpaired) electrons. The van der Waals surface area contributed by atoms with Crippen LogP contribution >= 0.6 is 24.0 Å². The number of nitrogens with one attached hydrogen (secondary N) is 1. The van der Waals surface area contributed by atoms with Crippen LogP contribution < -0.4 is 11.1 Å². The van der Waals surface area contributed by atoms with E-state index in [4.69, 9.17) is 10.5 Å². The Hall–Kier alpha value is -1.60. The monoisotopic (exact) mass is 425 g/mol. The SMILES string of the molecule is CCc1ccccc1CN=C(N)Nc1ccccc1COC.I. The number of para-hydroxylation sites is 1. The Bertz CT molecular complexity index is 644. The number of aryl methyl sites for hydroxylation is 1. The summed E-state index contributed by atoms with van der Waals surface area (Å²) >= 11 is 0. The van der Waals surface area contributed by atoms with Gasteiger partial charge in [-0.1, -0.05) is 49.4 Å². The summed E-state index contributed by atoms with van der Waals surface area (Å²) < 4.78 is 5.19. The van der Waals surface area contributed by atoms with E-state index in [0.29, 0.717) is 19.1 Å². The molecule has 2 rings (SSSR count). The standard InChI is InChI=1S/C18H23N3O.HI/c1-3-14-8-4-5-9-15(14)12-20-18(19)21-17-11-7-6-10-16(17)13-22-2;/h4-11H,3,12-13H2,1-2H3,(H3,19,20,21);1H. The summed E-state index contributed by atoms with van der Waals surface area (Å²) in [6.07, 6.45) is 0.996. The fourth-order valence-electron chi connectivity index (χ4n) is 2.33. The van der Waals surface area contributed by atoms with Crippen LogP contribution in [0.15, 0.2) is 53.5 Å². The van der Waals surface area contributed by atoms with Crippen LogP contribution in [0.3, 0.4) is 0 Å². The van der Waals surface area contributed by atoms with Gasteiger partial charge in [0, 0.05) is 18.4 Å². The summed E-state index contributed by atoms with van der Waals surface area (Å²) in [6.45, 7) is 3.26. The van der Waals surface area contributed by atoms with Gasteiger partial charge in [-0.15, -0.1) is 24.0 Å². The van der Waals surface area contributed by atoms with Crippen LogP contribution in [-0.2, 0) is 24.3 Å². The van der Waals surface area contributed by atoms with Crippen molar-refractivity contribution in [2.75, 3.05) is 12.4 Å². The number of methoxy groups -OCH3 is 1. The van der Waals surface area contributed by atoms with Crippen molar-refractivity contribution >= 4 is 35.6 Å². The summed E-state index contributed by atoms with van der Waals surface area (Å²) in [4.78, 5) is 4.44. The Kier molecular flexibility index (Phi) is 8.65. The van der Waals surface area contributed by atoms with Crippen LogP contribution in [0.4, 0.5) is 5.69 Å². The van der Waals surface area contributed by atoms with Crippen LogP contribution in [0.2, 0.25) is 0 Å². The van der Waals surface area contributed by atoms with E-state index >= 15 is 0 Å². The van der Waals surface area contributed by atoms with E-state index < -0.39 is 0 Å². The highest BCUT2D eigenvalue weighted by atomic mass is 127. The number of nitrogens with zero attached hydrogens (tertiary/aromatic N) is 1. The summed E-state index contributed by atoms with van der Waals surface area (Å²) in [5, 5.41) is 3.15. The summed E-state index contributed by atoms with van der Waals surface area (Å²) in [5.74, 6) is 0.412. The van der Waals surface area contributed by atoms with Crippen molar-refractivity contribution in [3.63, 3.8) is 0 Å². The molecule has 0 unspecified atom stereocenters. The third-order valence-electron chi connectivity index (χ3n) is 3.50. The number of guanidine groups is 1. The molecule has 0 heterocycles. The Labute approximate surface area is 155 Å². The molecule has 124 valence electrons. The average Bonchev–Trinajstić information content (AvgIpc) is 2.55. The minimum atomic E-state index is 0. The van der Waals surface area contributed by atoms with E-state index in [1.807, 2.05) is 30.3 Å². The number of benzene rings is 2. The highest BCUT2D eigenvalue weighted by Gasteiger charge is 2.03. The molecule has 0 fully saturated rings. The highest BCUT2D eigenvalue weighted by Crippen LogP contribution is 2.16. The molecule has 0 aliphatic heterocycles. The van der Waals surface area contributed by atoms with Gasteiger partial charge in [0.2, 0.25) is 0 Å². The lowest BCUT2D eigenvalue weighted by molar-refractivity contribution is 0.185. The summed E-state index contributed by atoms with van der Waals surface area (Å²) in [6, 6.07) is 16.2. The number of ether oxygens (including phenoxy) is 1. The van der Waals surface area contributed by atoms with E-state index in [2.05, 4.69) is 35.4 Å². The largest absolute Gasteiger partial charge is 0.380 e. The van der Waals surface area contributed by atoms with Crippen molar-refractivity contribution in [3.8, 4) is 0 Å². The van der Waals surface area contributed by atoms with E-state index in [0.717, 1.165) is 17.7 Å². The van der Waals surface area contributed by atoms with Crippen LogP contribution in [-0.4, -0.2) is 13.1 Å². The third-order valence-corrected chi connectivity index (χ3v) is 3.50. The minimum Gasteiger partial charge on any atom is -0.380 e. The van der Waals surface area contributed by atoms with Gasteiger partial charge in [0.05, 0.1) is 13.2 Å². The van der Waals surface area contributed by atoms with Crippen molar-refractivity contribution in [2.45, 2.75) is 26.5 Å². The lowest BCUT2D eigenvalue weighted by atomic mass is 10.1. The second-order valence-electron chi connectivity index (χ2n) is 5.04. The van der Waals surface area contributed by atoms with Gasteiger partial charge in [-0.3, -0.25) is 0 Å². The Morgan fingerprint density at radius 1 is 1.04 bits per heavy atom. The maximum atomic E-state index is 6.01. The molecular formula is C18H24IN3O. The number of anilines is 1. The predicted octanol–water partition coefficient (Wildman–Crippen LogP) is 3.94. The smallest absolute Gasteiger partial charge is 0.193 e. The van der Waals surface area contributed by atoms with Crippen LogP contribution in [0.25, 0.3) is 0 Å². The van der Waals surface area contributed by atoms with Gasteiger partial charge in [0.15, 0.2) is 5.96 Å². The first-order valence-corrected chi connectivity index (χ1v) is 7.45. The molecule has 23 heavy (non-hydrogen) atoms. The van der Waals surface area contributed by atoms with Gasteiger partial charge in [-0.2, -0.15) is 0 Å². The molecule has 5 heteroatoms. The Balaban J connectivity index is 0.00000264. The number of nitrogens with two attached hydrogens (primary N) is 1. The quantitative estimate of drug-likeness (QED) is 0.419. The van der Waals surface area contributed by atoms with E-state index in [1.54, 1.807) is 7.11 Å². The Morgan fingerprint density at radius 3 is 2.30 bits per heavy atom. The molecule has 0 aliphatic rings. The second-order valence-corrected chi connectivity index (χ2v) is 5.04. The molecule has 0 saturated heterocycles. The molecule has 0 saturated carbocycles. The first kappa shape index (κ1) is 19.4. The van der Waals surface area contributed by atoms with Crippen LogP contribution in [0, 0.1) is 0 Å². The molecule has 0 aromatic heterocycles. The van der Waals surface area contributed by atoms with Gasteiger partial charge in [0.25, 0.3) is 0 Å². The third kappa shape index (κ3) is 5.84. The number of hydrogen-bond donors (Lipinski definition) is 2. The molecule has 0 spiro atoms. The maximum Gasteiger partial charge on any atom is 0.193 e. The lowest BCUT2D eigenvalue weighted by Crippen LogP contribution is -2.23. The van der Waals surface area contributed by atoms with Crippen LogP contribution in [0.1, 0.15) is 23.6 Å². The average molecular weight is 425 g/mol. The number of halogens is 1. The molecule has 4 nitrogen and oxygen atoms in total.